The van der Waals surface area contributed by atoms with Crippen molar-refractivity contribution in [3.63, 3.8) is 0 Å². The Morgan fingerprint density at radius 1 is 0.972 bits per heavy atom. The first-order valence-electron chi connectivity index (χ1n) is 11.6. The number of carbonyl (C=O) groups is 3. The Bertz CT molecular complexity index is 1060. The largest absolute Gasteiger partial charge is 0.493 e. The monoisotopic (exact) mass is 534 g/mol. The molecular formula is C25H31ClN4O5S. The highest BCUT2D eigenvalue weighted by Gasteiger charge is 2.40. The predicted octanol–water partition coefficient (Wildman–Crippen LogP) is 2.23. The number of carbonyl (C=O) groups excluding carboxylic acids is 3. The number of nitrogens with one attached hydrogen (secondary N) is 4. The molecule has 0 atom stereocenters. The van der Waals surface area contributed by atoms with Crippen molar-refractivity contribution in [3.05, 3.63) is 53.1 Å². The minimum atomic E-state index is -0.999. The lowest BCUT2D eigenvalue weighted by molar-refractivity contribution is -0.133. The molecule has 9 nitrogen and oxygen atoms in total. The molecule has 0 aromatic heterocycles. The van der Waals surface area contributed by atoms with Crippen molar-refractivity contribution < 1.29 is 23.9 Å². The number of halogens is 1. The maximum atomic E-state index is 13.1. The van der Waals surface area contributed by atoms with Crippen molar-refractivity contribution >= 4 is 41.1 Å². The van der Waals surface area contributed by atoms with E-state index in [1.807, 2.05) is 12.1 Å². The molecule has 3 rings (SSSR count). The van der Waals surface area contributed by atoms with Gasteiger partial charge in [-0.2, -0.15) is 0 Å². The van der Waals surface area contributed by atoms with Crippen LogP contribution in [0.4, 0.5) is 0 Å². The quantitative estimate of drug-likeness (QED) is 0.258. The van der Waals surface area contributed by atoms with Crippen molar-refractivity contribution in [3.8, 4) is 11.5 Å². The summed E-state index contributed by atoms with van der Waals surface area (Å²) >= 11 is 7.20. The van der Waals surface area contributed by atoms with E-state index in [-0.39, 0.29) is 36.6 Å². The number of hydrogen-bond donors (Lipinski definition) is 4. The van der Waals surface area contributed by atoms with Gasteiger partial charge in [0.1, 0.15) is 5.54 Å². The van der Waals surface area contributed by atoms with Crippen LogP contribution in [-0.4, -0.2) is 69.4 Å². The molecule has 11 heteroatoms. The lowest BCUT2D eigenvalue weighted by Crippen LogP contribution is -2.63. The molecule has 1 heterocycles. The summed E-state index contributed by atoms with van der Waals surface area (Å²) in [6.07, 6.45) is 0.950. The Hall–Kier alpha value is -2.95. The summed E-state index contributed by atoms with van der Waals surface area (Å²) in [7, 11) is 3.12. The summed E-state index contributed by atoms with van der Waals surface area (Å²) in [5.41, 5.74) is -0.513. The van der Waals surface area contributed by atoms with E-state index in [1.54, 1.807) is 44.6 Å². The van der Waals surface area contributed by atoms with Crippen LogP contribution in [0, 0.1) is 0 Å². The molecule has 194 valence electrons. The highest BCUT2D eigenvalue weighted by atomic mass is 35.5. The average molecular weight is 535 g/mol. The summed E-state index contributed by atoms with van der Waals surface area (Å²) in [6.45, 7) is 1.72. The number of ether oxygens (including phenoxy) is 2. The lowest BCUT2D eigenvalue weighted by atomic mass is 9.87. The third kappa shape index (κ3) is 7.52. The highest BCUT2D eigenvalue weighted by Crippen LogP contribution is 2.32. The molecule has 1 aliphatic rings. The first-order chi connectivity index (χ1) is 17.4. The van der Waals surface area contributed by atoms with Crippen molar-refractivity contribution in [2.45, 2.75) is 23.3 Å². The van der Waals surface area contributed by atoms with Gasteiger partial charge in [-0.05, 0) is 68.4 Å². The van der Waals surface area contributed by atoms with Gasteiger partial charge < -0.3 is 30.7 Å². The maximum Gasteiger partial charge on any atom is 0.251 e. The number of benzene rings is 2. The Balaban J connectivity index is 1.51. The molecule has 3 amide bonds. The number of rotatable bonds is 11. The second kappa shape index (κ2) is 13.4. The fourth-order valence-electron chi connectivity index (χ4n) is 3.85. The zero-order valence-electron chi connectivity index (χ0n) is 20.3. The van der Waals surface area contributed by atoms with E-state index < -0.39 is 5.54 Å². The normalized spacial score (nSPS) is 14.4. The fourth-order valence-corrected chi connectivity index (χ4v) is 4.70. The van der Waals surface area contributed by atoms with Gasteiger partial charge in [-0.1, -0.05) is 11.6 Å². The van der Waals surface area contributed by atoms with E-state index in [0.717, 1.165) is 4.90 Å². The summed E-state index contributed by atoms with van der Waals surface area (Å²) in [5, 5.41) is 12.4. The van der Waals surface area contributed by atoms with E-state index in [4.69, 9.17) is 21.1 Å². The van der Waals surface area contributed by atoms with Gasteiger partial charge in [0.25, 0.3) is 5.91 Å². The van der Waals surface area contributed by atoms with E-state index in [0.29, 0.717) is 48.0 Å². The molecule has 1 saturated heterocycles. The molecule has 2 aromatic carbocycles. The summed E-state index contributed by atoms with van der Waals surface area (Å²) in [4.78, 5) is 39.0. The molecule has 0 aliphatic carbocycles. The molecule has 4 N–H and O–H groups in total. The predicted molar refractivity (Wildman–Crippen MR) is 140 cm³/mol. The van der Waals surface area contributed by atoms with Gasteiger partial charge in [0, 0.05) is 28.6 Å². The number of hydrogen-bond acceptors (Lipinski definition) is 7. The van der Waals surface area contributed by atoms with Crippen LogP contribution in [-0.2, 0) is 9.59 Å². The van der Waals surface area contributed by atoms with Crippen LogP contribution < -0.4 is 30.7 Å². The van der Waals surface area contributed by atoms with Crippen LogP contribution in [0.1, 0.15) is 23.2 Å². The van der Waals surface area contributed by atoms with Gasteiger partial charge >= 0.3 is 0 Å². The second-order valence-corrected chi connectivity index (χ2v) is 9.69. The number of amides is 3. The fraction of sp³-hybridized carbons (Fsp3) is 0.400. The molecule has 1 aliphatic heterocycles. The molecule has 0 spiro atoms. The van der Waals surface area contributed by atoms with Crippen LogP contribution in [0.25, 0.3) is 0 Å². The minimum absolute atomic E-state index is 0.148. The molecule has 36 heavy (non-hydrogen) atoms. The van der Waals surface area contributed by atoms with Crippen molar-refractivity contribution in [1.29, 1.82) is 0 Å². The van der Waals surface area contributed by atoms with Gasteiger partial charge in [0.05, 0.1) is 20.0 Å². The summed E-state index contributed by atoms with van der Waals surface area (Å²) in [5.74, 6) is 0.603. The van der Waals surface area contributed by atoms with Crippen LogP contribution >= 0.6 is 23.4 Å². The van der Waals surface area contributed by atoms with Crippen LogP contribution in [0.5, 0.6) is 11.5 Å². The van der Waals surface area contributed by atoms with Gasteiger partial charge in [0.15, 0.2) is 11.5 Å². The third-order valence-electron chi connectivity index (χ3n) is 5.80. The molecule has 0 bridgehead atoms. The standard InChI is InChI=1S/C25H31ClN4O5S/c1-34-20-8-7-19(15-21(20)35-2)36-16-22(31)30-25(9-11-27-12-10-25)24(33)29-14-13-28-23(32)17-3-5-18(26)6-4-17/h3-8,15,27H,9-14,16H2,1-2H3,(H,28,32)(H,29,33)(H,30,31). The Kier molecular flexibility index (Phi) is 10.3. The number of piperidine rings is 1. The van der Waals surface area contributed by atoms with Crippen molar-refractivity contribution in [1.82, 2.24) is 21.3 Å². The minimum Gasteiger partial charge on any atom is -0.493 e. The van der Waals surface area contributed by atoms with Crippen LogP contribution in [0.2, 0.25) is 5.02 Å². The average Bonchev–Trinajstić information content (AvgIpc) is 2.90. The third-order valence-corrected chi connectivity index (χ3v) is 7.04. The first-order valence-corrected chi connectivity index (χ1v) is 12.9. The first kappa shape index (κ1) is 27.6. The van der Waals surface area contributed by atoms with Crippen molar-refractivity contribution in [2.24, 2.45) is 0 Å². The van der Waals surface area contributed by atoms with Gasteiger partial charge in [-0.15, -0.1) is 11.8 Å². The molecule has 1 fully saturated rings. The lowest BCUT2D eigenvalue weighted by Gasteiger charge is -2.37. The molecule has 0 radical (unpaired) electrons. The van der Waals surface area contributed by atoms with E-state index >= 15 is 0 Å². The van der Waals surface area contributed by atoms with Gasteiger partial charge in [-0.3, -0.25) is 14.4 Å². The number of methoxy groups -OCH3 is 2. The summed E-state index contributed by atoms with van der Waals surface area (Å²) in [6, 6.07) is 12.0. The topological polar surface area (TPSA) is 118 Å². The Labute approximate surface area is 220 Å². The van der Waals surface area contributed by atoms with Gasteiger partial charge in [0.2, 0.25) is 11.8 Å². The Morgan fingerprint density at radius 3 is 2.31 bits per heavy atom. The highest BCUT2D eigenvalue weighted by molar-refractivity contribution is 8.00. The van der Waals surface area contributed by atoms with E-state index in [2.05, 4.69) is 21.3 Å². The SMILES string of the molecule is COc1ccc(SCC(=O)NC2(C(=O)NCCNC(=O)c3ccc(Cl)cc3)CCNCC2)cc1OC. The Morgan fingerprint density at radius 2 is 1.64 bits per heavy atom. The van der Waals surface area contributed by atoms with Crippen LogP contribution in [0.3, 0.4) is 0 Å². The van der Waals surface area contributed by atoms with Crippen LogP contribution in [0.15, 0.2) is 47.4 Å². The molecule has 2 aromatic rings. The zero-order chi connectivity index (χ0) is 26.0. The smallest absolute Gasteiger partial charge is 0.251 e. The zero-order valence-corrected chi connectivity index (χ0v) is 21.9. The number of thioether (sulfide) groups is 1. The second-order valence-electron chi connectivity index (χ2n) is 8.20. The molecule has 0 unspecified atom stereocenters. The van der Waals surface area contributed by atoms with E-state index in [9.17, 15) is 14.4 Å². The molecular weight excluding hydrogens is 504 g/mol. The van der Waals surface area contributed by atoms with Gasteiger partial charge in [-0.25, -0.2) is 0 Å². The summed E-state index contributed by atoms with van der Waals surface area (Å²) < 4.78 is 10.6. The van der Waals surface area contributed by atoms with Crippen molar-refractivity contribution in [2.75, 3.05) is 46.2 Å². The van der Waals surface area contributed by atoms with E-state index in [1.165, 1.54) is 11.8 Å². The molecule has 0 saturated carbocycles. The maximum absolute atomic E-state index is 13.1.